The van der Waals surface area contributed by atoms with Crippen LogP contribution in [0.2, 0.25) is 0 Å². The summed E-state index contributed by atoms with van der Waals surface area (Å²) in [6.45, 7) is 2.95. The van der Waals surface area contributed by atoms with Gasteiger partial charge in [-0.1, -0.05) is 25.5 Å². The summed E-state index contributed by atoms with van der Waals surface area (Å²) in [6.07, 6.45) is 4.84. The Bertz CT molecular complexity index is 394. The molecule has 0 amide bonds. The number of hydrogen-bond donors (Lipinski definition) is 2. The highest BCUT2D eigenvalue weighted by Crippen LogP contribution is 2.39. The molecule has 0 heterocycles. The minimum atomic E-state index is 0.0509. The van der Waals surface area contributed by atoms with Gasteiger partial charge in [0.05, 0.1) is 12.8 Å². The number of nitrogens with two attached hydrogens (primary N) is 1. The van der Waals surface area contributed by atoms with E-state index < -0.39 is 0 Å². The van der Waals surface area contributed by atoms with Crippen LogP contribution in [0.25, 0.3) is 0 Å². The molecule has 3 nitrogen and oxygen atoms in total. The molecule has 0 aromatic heterocycles. The van der Waals surface area contributed by atoms with E-state index in [0.29, 0.717) is 6.54 Å². The van der Waals surface area contributed by atoms with E-state index in [2.05, 4.69) is 18.3 Å². The Labute approximate surface area is 110 Å². The smallest absolute Gasteiger partial charge is 0.141 e. The molecule has 1 saturated carbocycles. The molecule has 1 fully saturated rings. The van der Waals surface area contributed by atoms with E-state index in [1.54, 1.807) is 7.11 Å². The van der Waals surface area contributed by atoms with Crippen molar-refractivity contribution < 1.29 is 4.74 Å². The highest BCUT2D eigenvalue weighted by molar-refractivity contribution is 5.58. The van der Waals surface area contributed by atoms with E-state index in [0.717, 1.165) is 30.2 Å². The van der Waals surface area contributed by atoms with Crippen LogP contribution in [0.3, 0.4) is 0 Å². The minimum Gasteiger partial charge on any atom is -0.495 e. The predicted octanol–water partition coefficient (Wildman–Crippen LogP) is 3.01. The van der Waals surface area contributed by atoms with E-state index >= 15 is 0 Å². The SMILES string of the molecule is CCC1CCC(CN)(Nc2ccccc2OC)C1. The molecule has 3 heteroatoms. The Balaban J connectivity index is 2.15. The molecule has 2 unspecified atom stereocenters. The van der Waals surface area contributed by atoms with Crippen molar-refractivity contribution in [2.24, 2.45) is 11.7 Å². The van der Waals surface area contributed by atoms with Crippen LogP contribution in [0.1, 0.15) is 32.6 Å². The second-order valence-electron chi connectivity index (χ2n) is 5.33. The van der Waals surface area contributed by atoms with E-state index in [9.17, 15) is 0 Å². The predicted molar refractivity (Wildman–Crippen MR) is 76.0 cm³/mol. The number of rotatable bonds is 5. The molecule has 0 radical (unpaired) electrons. The summed E-state index contributed by atoms with van der Waals surface area (Å²) in [5.74, 6) is 1.70. The van der Waals surface area contributed by atoms with Crippen molar-refractivity contribution in [3.05, 3.63) is 24.3 Å². The minimum absolute atomic E-state index is 0.0509. The van der Waals surface area contributed by atoms with Crippen LogP contribution >= 0.6 is 0 Å². The van der Waals surface area contributed by atoms with E-state index in [1.165, 1.54) is 12.8 Å². The van der Waals surface area contributed by atoms with Gasteiger partial charge in [0.2, 0.25) is 0 Å². The molecule has 0 saturated heterocycles. The van der Waals surface area contributed by atoms with Gasteiger partial charge in [-0.05, 0) is 37.3 Å². The standard InChI is InChI=1S/C15H24N2O/c1-3-12-8-9-15(10-12,11-16)17-13-6-4-5-7-14(13)18-2/h4-7,12,17H,3,8-11,16H2,1-2H3. The van der Waals surface area contributed by atoms with Crippen molar-refractivity contribution in [3.63, 3.8) is 0 Å². The Morgan fingerprint density at radius 3 is 2.83 bits per heavy atom. The summed E-state index contributed by atoms with van der Waals surface area (Å²) < 4.78 is 5.39. The van der Waals surface area contributed by atoms with Gasteiger partial charge in [-0.25, -0.2) is 0 Å². The van der Waals surface area contributed by atoms with E-state index in [1.807, 2.05) is 18.2 Å². The Morgan fingerprint density at radius 1 is 1.44 bits per heavy atom. The van der Waals surface area contributed by atoms with Crippen LogP contribution in [-0.4, -0.2) is 19.2 Å². The monoisotopic (exact) mass is 248 g/mol. The topological polar surface area (TPSA) is 47.3 Å². The van der Waals surface area contributed by atoms with Gasteiger partial charge in [-0.2, -0.15) is 0 Å². The lowest BCUT2D eigenvalue weighted by molar-refractivity contribution is 0.410. The Morgan fingerprint density at radius 2 is 2.22 bits per heavy atom. The van der Waals surface area contributed by atoms with Gasteiger partial charge in [0.1, 0.15) is 5.75 Å². The summed E-state index contributed by atoms with van der Waals surface area (Å²) in [6, 6.07) is 8.07. The van der Waals surface area contributed by atoms with Gasteiger partial charge in [-0.15, -0.1) is 0 Å². The number of benzene rings is 1. The van der Waals surface area contributed by atoms with Crippen molar-refractivity contribution in [2.75, 3.05) is 19.0 Å². The molecule has 1 aliphatic rings. The molecular weight excluding hydrogens is 224 g/mol. The molecule has 0 spiro atoms. The maximum Gasteiger partial charge on any atom is 0.141 e. The normalized spacial score (nSPS) is 27.2. The fraction of sp³-hybridized carbons (Fsp3) is 0.600. The third-order valence-corrected chi connectivity index (χ3v) is 4.19. The van der Waals surface area contributed by atoms with E-state index in [-0.39, 0.29) is 5.54 Å². The summed E-state index contributed by atoms with van der Waals surface area (Å²) >= 11 is 0. The number of nitrogens with one attached hydrogen (secondary N) is 1. The van der Waals surface area contributed by atoms with Crippen LogP contribution in [0.4, 0.5) is 5.69 Å². The summed E-state index contributed by atoms with van der Waals surface area (Å²) in [5, 5.41) is 3.64. The van der Waals surface area contributed by atoms with Gasteiger partial charge in [0, 0.05) is 12.1 Å². The van der Waals surface area contributed by atoms with Gasteiger partial charge in [-0.3, -0.25) is 0 Å². The number of anilines is 1. The highest BCUT2D eigenvalue weighted by Gasteiger charge is 2.37. The molecule has 0 aliphatic heterocycles. The van der Waals surface area contributed by atoms with Crippen LogP contribution in [0, 0.1) is 5.92 Å². The second-order valence-corrected chi connectivity index (χ2v) is 5.33. The number of methoxy groups -OCH3 is 1. The fourth-order valence-electron chi connectivity index (χ4n) is 2.97. The van der Waals surface area contributed by atoms with Crippen molar-refractivity contribution in [1.29, 1.82) is 0 Å². The van der Waals surface area contributed by atoms with Gasteiger partial charge in [0.25, 0.3) is 0 Å². The largest absolute Gasteiger partial charge is 0.495 e. The first-order chi connectivity index (χ1) is 8.73. The third kappa shape index (κ3) is 2.61. The molecule has 0 bridgehead atoms. The molecule has 3 N–H and O–H groups in total. The molecular formula is C15H24N2O. The van der Waals surface area contributed by atoms with Crippen LogP contribution in [0.5, 0.6) is 5.75 Å². The third-order valence-electron chi connectivity index (χ3n) is 4.19. The highest BCUT2D eigenvalue weighted by atomic mass is 16.5. The quantitative estimate of drug-likeness (QED) is 0.842. The van der Waals surface area contributed by atoms with Crippen LogP contribution < -0.4 is 15.8 Å². The first kappa shape index (κ1) is 13.2. The summed E-state index contributed by atoms with van der Waals surface area (Å²) in [4.78, 5) is 0. The van der Waals surface area contributed by atoms with Crippen LogP contribution in [-0.2, 0) is 0 Å². The average Bonchev–Trinajstić information content (AvgIpc) is 2.83. The zero-order valence-electron chi connectivity index (χ0n) is 11.4. The number of para-hydroxylation sites is 2. The number of ether oxygens (including phenoxy) is 1. The fourth-order valence-corrected chi connectivity index (χ4v) is 2.97. The first-order valence-corrected chi connectivity index (χ1v) is 6.84. The molecule has 18 heavy (non-hydrogen) atoms. The Kier molecular flexibility index (Phi) is 4.12. The average molecular weight is 248 g/mol. The molecule has 100 valence electrons. The van der Waals surface area contributed by atoms with Crippen LogP contribution in [0.15, 0.2) is 24.3 Å². The molecule has 2 rings (SSSR count). The van der Waals surface area contributed by atoms with Crippen molar-refractivity contribution in [2.45, 2.75) is 38.1 Å². The molecule has 1 aliphatic carbocycles. The summed E-state index contributed by atoms with van der Waals surface area (Å²) in [5.41, 5.74) is 7.13. The van der Waals surface area contributed by atoms with Gasteiger partial charge < -0.3 is 15.8 Å². The first-order valence-electron chi connectivity index (χ1n) is 6.84. The molecule has 2 atom stereocenters. The molecule has 1 aromatic rings. The number of hydrogen-bond acceptors (Lipinski definition) is 3. The summed E-state index contributed by atoms with van der Waals surface area (Å²) in [7, 11) is 1.71. The lowest BCUT2D eigenvalue weighted by atomic mass is 9.94. The maximum absolute atomic E-state index is 6.02. The van der Waals surface area contributed by atoms with Gasteiger partial charge >= 0.3 is 0 Å². The molecule has 1 aromatic carbocycles. The second kappa shape index (κ2) is 5.61. The lowest BCUT2D eigenvalue weighted by Gasteiger charge is -2.31. The zero-order valence-corrected chi connectivity index (χ0v) is 11.4. The van der Waals surface area contributed by atoms with Crippen molar-refractivity contribution in [3.8, 4) is 5.75 Å². The van der Waals surface area contributed by atoms with Crippen molar-refractivity contribution >= 4 is 5.69 Å². The zero-order chi connectivity index (χ0) is 13.0. The Hall–Kier alpha value is -1.22. The van der Waals surface area contributed by atoms with Crippen molar-refractivity contribution in [1.82, 2.24) is 0 Å². The maximum atomic E-state index is 6.02. The van der Waals surface area contributed by atoms with Gasteiger partial charge in [0.15, 0.2) is 0 Å². The van der Waals surface area contributed by atoms with E-state index in [4.69, 9.17) is 10.5 Å². The lowest BCUT2D eigenvalue weighted by Crippen LogP contribution is -2.43.